The Morgan fingerprint density at radius 2 is 2.50 bits per heavy atom. The number of hydrogen-bond acceptors (Lipinski definition) is 4. The zero-order valence-corrected chi connectivity index (χ0v) is 6.23. The summed E-state index contributed by atoms with van der Waals surface area (Å²) in [7, 11) is 0. The fourth-order valence-electron chi connectivity index (χ4n) is 0.692. The summed E-state index contributed by atoms with van der Waals surface area (Å²) >= 11 is 1.47. The smallest absolute Gasteiger partial charge is 0.240 e. The van der Waals surface area contributed by atoms with Gasteiger partial charge >= 0.3 is 0 Å². The fourth-order valence-corrected chi connectivity index (χ4v) is 1.58. The van der Waals surface area contributed by atoms with E-state index in [-0.39, 0.29) is 23.9 Å². The lowest BCUT2D eigenvalue weighted by Crippen LogP contribution is -2.65. The van der Waals surface area contributed by atoms with Crippen LogP contribution in [-0.2, 0) is 4.79 Å². The second kappa shape index (κ2) is 3.23. The molecule has 1 aliphatic rings. The highest BCUT2D eigenvalue weighted by Gasteiger charge is 2.35. The monoisotopic (exact) mass is 162 g/mol. The van der Waals surface area contributed by atoms with Gasteiger partial charge in [0.2, 0.25) is 5.91 Å². The van der Waals surface area contributed by atoms with Crippen LogP contribution in [0.1, 0.15) is 0 Å². The summed E-state index contributed by atoms with van der Waals surface area (Å²) in [5, 5.41) is 11.0. The van der Waals surface area contributed by atoms with E-state index in [1.165, 1.54) is 11.8 Å². The second-order valence-corrected chi connectivity index (χ2v) is 3.30. The summed E-state index contributed by atoms with van der Waals surface area (Å²) in [4.78, 5) is 10.5. The predicted octanol–water partition coefficient (Wildman–Crippen LogP) is -1.50. The average molecular weight is 162 g/mol. The topological polar surface area (TPSA) is 75.4 Å². The van der Waals surface area contributed by atoms with E-state index in [4.69, 9.17) is 10.8 Å². The summed E-state index contributed by atoms with van der Waals surface area (Å²) in [6.07, 6.45) is 0. The molecule has 1 amide bonds. The van der Waals surface area contributed by atoms with Crippen LogP contribution in [0.4, 0.5) is 0 Å². The van der Waals surface area contributed by atoms with Gasteiger partial charge in [-0.25, -0.2) is 0 Å². The molecule has 1 saturated heterocycles. The SMILES string of the molecule is NC1C(=O)NC1SCCO. The van der Waals surface area contributed by atoms with E-state index in [0.717, 1.165) is 0 Å². The molecule has 4 nitrogen and oxygen atoms in total. The van der Waals surface area contributed by atoms with Gasteiger partial charge in [-0.2, -0.15) is 0 Å². The molecule has 1 aliphatic heterocycles. The van der Waals surface area contributed by atoms with Crippen LogP contribution in [0.2, 0.25) is 0 Å². The number of amides is 1. The molecule has 5 heteroatoms. The van der Waals surface area contributed by atoms with Crippen LogP contribution in [0.25, 0.3) is 0 Å². The van der Waals surface area contributed by atoms with Gasteiger partial charge in [0.15, 0.2) is 0 Å². The number of nitrogens with one attached hydrogen (secondary N) is 1. The first-order chi connectivity index (χ1) is 4.75. The third kappa shape index (κ3) is 1.42. The molecule has 10 heavy (non-hydrogen) atoms. The number of carbonyl (C=O) groups is 1. The van der Waals surface area contributed by atoms with Gasteiger partial charge < -0.3 is 16.2 Å². The predicted molar refractivity (Wildman–Crippen MR) is 39.4 cm³/mol. The second-order valence-electron chi connectivity index (χ2n) is 2.05. The minimum atomic E-state index is -0.378. The molecular formula is C5H10N2O2S. The molecule has 1 rings (SSSR count). The number of thioether (sulfide) groups is 1. The number of hydrogen-bond donors (Lipinski definition) is 3. The van der Waals surface area contributed by atoms with Gasteiger partial charge in [0, 0.05) is 5.75 Å². The van der Waals surface area contributed by atoms with E-state index in [1.54, 1.807) is 0 Å². The highest BCUT2D eigenvalue weighted by molar-refractivity contribution is 8.00. The zero-order chi connectivity index (χ0) is 7.56. The van der Waals surface area contributed by atoms with E-state index in [2.05, 4.69) is 5.32 Å². The molecule has 2 unspecified atom stereocenters. The summed E-state index contributed by atoms with van der Waals surface area (Å²) in [6.45, 7) is 0.129. The quantitative estimate of drug-likeness (QED) is 0.441. The molecule has 0 aromatic heterocycles. The molecule has 0 aliphatic carbocycles. The van der Waals surface area contributed by atoms with Crippen molar-refractivity contribution in [2.45, 2.75) is 11.4 Å². The van der Waals surface area contributed by atoms with E-state index < -0.39 is 0 Å². The van der Waals surface area contributed by atoms with Gasteiger partial charge in [0.05, 0.1) is 12.0 Å². The van der Waals surface area contributed by atoms with E-state index in [9.17, 15) is 4.79 Å². The molecule has 2 atom stereocenters. The third-order valence-corrected chi connectivity index (χ3v) is 2.49. The Bertz CT molecular complexity index is 142. The van der Waals surface area contributed by atoms with Gasteiger partial charge in [0.1, 0.15) is 6.04 Å². The third-order valence-electron chi connectivity index (χ3n) is 1.30. The summed E-state index contributed by atoms with van der Waals surface area (Å²) in [5.41, 5.74) is 5.39. The lowest BCUT2D eigenvalue weighted by molar-refractivity contribution is -0.128. The number of β-lactam (4-membered cyclic amide) rings is 1. The zero-order valence-electron chi connectivity index (χ0n) is 5.41. The van der Waals surface area contributed by atoms with Crippen molar-refractivity contribution in [2.75, 3.05) is 12.4 Å². The first-order valence-corrected chi connectivity index (χ1v) is 4.09. The van der Waals surface area contributed by atoms with Crippen LogP contribution in [0.3, 0.4) is 0 Å². The van der Waals surface area contributed by atoms with Crippen LogP contribution in [-0.4, -0.2) is 34.8 Å². The number of aliphatic hydroxyl groups is 1. The Morgan fingerprint density at radius 1 is 1.80 bits per heavy atom. The minimum absolute atomic E-state index is 0.0136. The van der Waals surface area contributed by atoms with Crippen LogP contribution >= 0.6 is 11.8 Å². The fraction of sp³-hybridized carbons (Fsp3) is 0.800. The Balaban J connectivity index is 2.14. The standard InChI is InChI=1S/C5H10N2O2S/c6-3-4(9)7-5(3)10-2-1-8/h3,5,8H,1-2,6H2,(H,7,9). The van der Waals surface area contributed by atoms with E-state index in [1.807, 2.05) is 0 Å². The molecule has 4 N–H and O–H groups in total. The van der Waals surface area contributed by atoms with Crippen molar-refractivity contribution in [1.29, 1.82) is 0 Å². The Kier molecular flexibility index (Phi) is 2.53. The highest BCUT2D eigenvalue weighted by atomic mass is 32.2. The number of aliphatic hydroxyl groups excluding tert-OH is 1. The molecule has 0 spiro atoms. The molecular weight excluding hydrogens is 152 g/mol. The largest absolute Gasteiger partial charge is 0.396 e. The van der Waals surface area contributed by atoms with Gasteiger partial charge in [0.25, 0.3) is 0 Å². The van der Waals surface area contributed by atoms with Crippen LogP contribution in [0, 0.1) is 0 Å². The van der Waals surface area contributed by atoms with Gasteiger partial charge in [-0.3, -0.25) is 4.79 Å². The first-order valence-electron chi connectivity index (χ1n) is 3.04. The molecule has 0 bridgehead atoms. The van der Waals surface area contributed by atoms with Gasteiger partial charge in [-0.15, -0.1) is 11.8 Å². The highest BCUT2D eigenvalue weighted by Crippen LogP contribution is 2.17. The first kappa shape index (κ1) is 7.84. The minimum Gasteiger partial charge on any atom is -0.396 e. The van der Waals surface area contributed by atoms with Crippen LogP contribution in [0.5, 0.6) is 0 Å². The average Bonchev–Trinajstić information content (AvgIpc) is 1.97. The Hall–Kier alpha value is -0.260. The maximum Gasteiger partial charge on any atom is 0.240 e. The van der Waals surface area contributed by atoms with Gasteiger partial charge in [-0.05, 0) is 0 Å². The summed E-state index contributed by atoms with van der Waals surface area (Å²) in [5.74, 6) is 0.522. The van der Waals surface area contributed by atoms with Crippen LogP contribution in [0.15, 0.2) is 0 Å². The summed E-state index contributed by atoms with van der Waals surface area (Å²) < 4.78 is 0. The van der Waals surface area contributed by atoms with E-state index >= 15 is 0 Å². The molecule has 58 valence electrons. The van der Waals surface area contributed by atoms with Crippen molar-refractivity contribution in [2.24, 2.45) is 5.73 Å². The molecule has 0 aromatic carbocycles. The molecule has 0 radical (unpaired) electrons. The van der Waals surface area contributed by atoms with Crippen molar-refractivity contribution < 1.29 is 9.90 Å². The summed E-state index contributed by atoms with van der Waals surface area (Å²) in [6, 6.07) is -0.378. The number of carbonyl (C=O) groups excluding carboxylic acids is 1. The molecule has 0 saturated carbocycles. The van der Waals surface area contributed by atoms with Crippen molar-refractivity contribution in [3.05, 3.63) is 0 Å². The maximum atomic E-state index is 10.5. The van der Waals surface area contributed by atoms with Crippen molar-refractivity contribution in [1.82, 2.24) is 5.32 Å². The van der Waals surface area contributed by atoms with Crippen molar-refractivity contribution in [3.8, 4) is 0 Å². The molecule has 1 fully saturated rings. The Labute approximate surface area is 63.2 Å². The van der Waals surface area contributed by atoms with Crippen molar-refractivity contribution in [3.63, 3.8) is 0 Å². The lowest BCUT2D eigenvalue weighted by Gasteiger charge is -2.32. The number of rotatable bonds is 3. The normalized spacial score (nSPS) is 31.2. The van der Waals surface area contributed by atoms with E-state index in [0.29, 0.717) is 5.75 Å². The maximum absolute atomic E-state index is 10.5. The lowest BCUT2D eigenvalue weighted by atomic mass is 10.2. The van der Waals surface area contributed by atoms with Gasteiger partial charge in [-0.1, -0.05) is 0 Å². The molecule has 1 heterocycles. The Morgan fingerprint density at radius 3 is 2.90 bits per heavy atom. The van der Waals surface area contributed by atoms with Crippen LogP contribution < -0.4 is 11.1 Å². The molecule has 0 aromatic rings. The number of nitrogens with two attached hydrogens (primary N) is 1. The van der Waals surface area contributed by atoms with Crippen molar-refractivity contribution >= 4 is 17.7 Å².